The van der Waals surface area contributed by atoms with Crippen LogP contribution in [-0.4, -0.2) is 18.5 Å². The average Bonchev–Trinajstić information content (AvgIpc) is 3.03. The molecule has 0 radical (unpaired) electrons. The molecule has 0 amide bonds. The maximum absolute atomic E-state index is 5.72. The standard InChI is InChI=1S/C12H17N3/c13-12(15-11-6-7-11)14-9-8-10-4-2-1-3-5-10/h1-5,11H,6-9H2,(H3,13,14,15). The van der Waals surface area contributed by atoms with Crippen molar-refractivity contribution in [1.82, 2.24) is 5.32 Å². The summed E-state index contributed by atoms with van der Waals surface area (Å²) in [6.45, 7) is 0.759. The monoisotopic (exact) mass is 203 g/mol. The Labute approximate surface area is 90.4 Å². The lowest BCUT2D eigenvalue weighted by molar-refractivity contribution is 0.870. The van der Waals surface area contributed by atoms with Gasteiger partial charge in [0.05, 0.1) is 0 Å². The van der Waals surface area contributed by atoms with E-state index in [1.54, 1.807) is 0 Å². The van der Waals surface area contributed by atoms with Gasteiger partial charge in [-0.15, -0.1) is 0 Å². The van der Waals surface area contributed by atoms with E-state index in [0.29, 0.717) is 12.0 Å². The van der Waals surface area contributed by atoms with Crippen molar-refractivity contribution >= 4 is 5.96 Å². The van der Waals surface area contributed by atoms with Gasteiger partial charge in [-0.3, -0.25) is 4.99 Å². The van der Waals surface area contributed by atoms with E-state index in [-0.39, 0.29) is 0 Å². The number of guanidine groups is 1. The van der Waals surface area contributed by atoms with E-state index in [0.717, 1.165) is 13.0 Å². The van der Waals surface area contributed by atoms with Crippen molar-refractivity contribution < 1.29 is 0 Å². The van der Waals surface area contributed by atoms with Gasteiger partial charge >= 0.3 is 0 Å². The van der Waals surface area contributed by atoms with Crippen LogP contribution in [0, 0.1) is 0 Å². The highest BCUT2D eigenvalue weighted by atomic mass is 15.1. The SMILES string of the molecule is NC(=NCCc1ccccc1)NC1CC1. The van der Waals surface area contributed by atoms with Gasteiger partial charge in [-0.2, -0.15) is 0 Å². The van der Waals surface area contributed by atoms with Gasteiger partial charge in [-0.05, 0) is 24.8 Å². The molecule has 1 aromatic rings. The highest BCUT2D eigenvalue weighted by Crippen LogP contribution is 2.17. The molecule has 0 atom stereocenters. The fourth-order valence-corrected chi connectivity index (χ4v) is 1.43. The summed E-state index contributed by atoms with van der Waals surface area (Å²) < 4.78 is 0. The number of hydrogen-bond acceptors (Lipinski definition) is 1. The van der Waals surface area contributed by atoms with Crippen LogP contribution >= 0.6 is 0 Å². The first kappa shape index (κ1) is 10.0. The van der Waals surface area contributed by atoms with E-state index < -0.39 is 0 Å². The number of nitrogens with zero attached hydrogens (tertiary/aromatic N) is 1. The lowest BCUT2D eigenvalue weighted by Crippen LogP contribution is -2.33. The van der Waals surface area contributed by atoms with Crippen LogP contribution in [0.4, 0.5) is 0 Å². The molecule has 0 saturated heterocycles. The van der Waals surface area contributed by atoms with Crippen LogP contribution in [-0.2, 0) is 6.42 Å². The first-order valence-corrected chi connectivity index (χ1v) is 5.45. The molecule has 0 spiro atoms. The van der Waals surface area contributed by atoms with Crippen LogP contribution in [0.5, 0.6) is 0 Å². The second-order valence-electron chi connectivity index (χ2n) is 3.92. The van der Waals surface area contributed by atoms with E-state index in [1.807, 2.05) is 18.2 Å². The topological polar surface area (TPSA) is 50.4 Å². The van der Waals surface area contributed by atoms with Gasteiger partial charge < -0.3 is 11.1 Å². The first-order chi connectivity index (χ1) is 7.34. The Morgan fingerprint density at radius 3 is 2.73 bits per heavy atom. The summed E-state index contributed by atoms with van der Waals surface area (Å²) in [4.78, 5) is 4.28. The van der Waals surface area contributed by atoms with Crippen molar-refractivity contribution in [2.75, 3.05) is 6.54 Å². The molecule has 1 aliphatic carbocycles. The van der Waals surface area contributed by atoms with Crippen LogP contribution in [0.1, 0.15) is 18.4 Å². The molecule has 3 nitrogen and oxygen atoms in total. The van der Waals surface area contributed by atoms with Crippen molar-refractivity contribution in [2.24, 2.45) is 10.7 Å². The second kappa shape index (κ2) is 4.82. The molecule has 0 unspecified atom stereocenters. The van der Waals surface area contributed by atoms with Crippen molar-refractivity contribution in [2.45, 2.75) is 25.3 Å². The van der Waals surface area contributed by atoms with E-state index in [9.17, 15) is 0 Å². The number of aliphatic imine (C=N–C) groups is 1. The molecule has 1 saturated carbocycles. The summed E-state index contributed by atoms with van der Waals surface area (Å²) in [7, 11) is 0. The van der Waals surface area contributed by atoms with E-state index in [2.05, 4.69) is 22.4 Å². The maximum atomic E-state index is 5.72. The lowest BCUT2D eigenvalue weighted by atomic mass is 10.2. The minimum absolute atomic E-state index is 0.588. The summed E-state index contributed by atoms with van der Waals surface area (Å²) in [6, 6.07) is 10.9. The normalized spacial score (nSPS) is 16.4. The number of benzene rings is 1. The zero-order valence-corrected chi connectivity index (χ0v) is 8.82. The largest absolute Gasteiger partial charge is 0.370 e. The molecule has 3 N–H and O–H groups in total. The fraction of sp³-hybridized carbons (Fsp3) is 0.417. The van der Waals surface area contributed by atoms with Crippen LogP contribution in [0.3, 0.4) is 0 Å². The zero-order chi connectivity index (χ0) is 10.5. The molecule has 1 aromatic carbocycles. The number of hydrogen-bond donors (Lipinski definition) is 2. The zero-order valence-electron chi connectivity index (χ0n) is 8.82. The smallest absolute Gasteiger partial charge is 0.188 e. The Kier molecular flexibility index (Phi) is 3.22. The van der Waals surface area contributed by atoms with Crippen LogP contribution in [0.2, 0.25) is 0 Å². The third-order valence-electron chi connectivity index (χ3n) is 2.45. The summed E-state index contributed by atoms with van der Waals surface area (Å²) in [5.41, 5.74) is 7.02. The highest BCUT2D eigenvalue weighted by Gasteiger charge is 2.21. The van der Waals surface area contributed by atoms with Crippen molar-refractivity contribution in [3.63, 3.8) is 0 Å². The number of nitrogens with two attached hydrogens (primary N) is 1. The molecule has 15 heavy (non-hydrogen) atoms. The van der Waals surface area contributed by atoms with E-state index >= 15 is 0 Å². The van der Waals surface area contributed by atoms with Gasteiger partial charge in [0.1, 0.15) is 0 Å². The molecule has 1 aliphatic rings. The van der Waals surface area contributed by atoms with E-state index in [1.165, 1.54) is 18.4 Å². The van der Waals surface area contributed by atoms with E-state index in [4.69, 9.17) is 5.73 Å². The summed E-state index contributed by atoms with van der Waals surface area (Å²) >= 11 is 0. The molecule has 0 aromatic heterocycles. The summed E-state index contributed by atoms with van der Waals surface area (Å²) in [5, 5.41) is 3.17. The molecule has 3 heteroatoms. The number of rotatable bonds is 4. The fourth-order valence-electron chi connectivity index (χ4n) is 1.43. The van der Waals surface area contributed by atoms with Crippen LogP contribution < -0.4 is 11.1 Å². The van der Waals surface area contributed by atoms with Crippen LogP contribution in [0.15, 0.2) is 35.3 Å². The third-order valence-corrected chi connectivity index (χ3v) is 2.45. The first-order valence-electron chi connectivity index (χ1n) is 5.45. The predicted molar refractivity (Wildman–Crippen MR) is 62.8 cm³/mol. The summed E-state index contributed by atoms with van der Waals surface area (Å²) in [5.74, 6) is 0.591. The molecular weight excluding hydrogens is 186 g/mol. The molecule has 0 aliphatic heterocycles. The Hall–Kier alpha value is -1.51. The summed E-state index contributed by atoms with van der Waals surface area (Å²) in [6.07, 6.45) is 3.41. The molecule has 1 fully saturated rings. The van der Waals surface area contributed by atoms with Gasteiger partial charge in [-0.25, -0.2) is 0 Å². The molecule has 2 rings (SSSR count). The van der Waals surface area contributed by atoms with Crippen LogP contribution in [0.25, 0.3) is 0 Å². The lowest BCUT2D eigenvalue weighted by Gasteiger charge is -2.02. The molecule has 80 valence electrons. The average molecular weight is 203 g/mol. The van der Waals surface area contributed by atoms with Gasteiger partial charge in [0.25, 0.3) is 0 Å². The highest BCUT2D eigenvalue weighted by molar-refractivity contribution is 5.78. The van der Waals surface area contributed by atoms with Crippen molar-refractivity contribution in [3.8, 4) is 0 Å². The van der Waals surface area contributed by atoms with Gasteiger partial charge in [0.15, 0.2) is 5.96 Å². The Morgan fingerprint density at radius 2 is 2.07 bits per heavy atom. The molecule has 0 heterocycles. The number of nitrogens with one attached hydrogen (secondary N) is 1. The molecule has 0 bridgehead atoms. The van der Waals surface area contributed by atoms with Crippen molar-refractivity contribution in [1.29, 1.82) is 0 Å². The van der Waals surface area contributed by atoms with Gasteiger partial charge in [0.2, 0.25) is 0 Å². The van der Waals surface area contributed by atoms with Gasteiger partial charge in [-0.1, -0.05) is 30.3 Å². The second-order valence-corrected chi connectivity index (χ2v) is 3.92. The Morgan fingerprint density at radius 1 is 1.33 bits per heavy atom. The molecular formula is C12H17N3. The third kappa shape index (κ3) is 3.62. The van der Waals surface area contributed by atoms with Gasteiger partial charge in [0, 0.05) is 12.6 Å². The predicted octanol–water partition coefficient (Wildman–Crippen LogP) is 1.30. The Bertz CT molecular complexity index is 328. The van der Waals surface area contributed by atoms with Crippen molar-refractivity contribution in [3.05, 3.63) is 35.9 Å². The maximum Gasteiger partial charge on any atom is 0.188 e. The Balaban J connectivity index is 1.73. The quantitative estimate of drug-likeness (QED) is 0.572. The minimum atomic E-state index is 0.588. The minimum Gasteiger partial charge on any atom is -0.370 e.